The molecule has 76 valence electrons. The maximum absolute atomic E-state index is 10.9. The topological polar surface area (TPSA) is 65.5 Å². The van der Waals surface area contributed by atoms with Crippen LogP contribution in [0.1, 0.15) is 0 Å². The Kier molecular flexibility index (Phi) is 2.24. The van der Waals surface area contributed by atoms with Gasteiger partial charge in [-0.1, -0.05) is 0 Å². The van der Waals surface area contributed by atoms with E-state index < -0.39 is 9.05 Å². The number of halogens is 1. The first-order valence-corrected chi connectivity index (χ1v) is 6.08. The average Bonchev–Trinajstić information content (AvgIpc) is 2.16. The number of nitrogens with zero attached hydrogens (tertiary/aromatic N) is 1. The van der Waals surface area contributed by atoms with Crippen molar-refractivity contribution in [1.82, 2.24) is 4.98 Å². The molecule has 14 heavy (non-hydrogen) atoms. The summed E-state index contributed by atoms with van der Waals surface area (Å²) >= 11 is 0. The largest absolute Gasteiger partial charge is 0.484 e. The van der Waals surface area contributed by atoms with E-state index >= 15 is 0 Å². The molecule has 0 N–H and O–H groups in total. The van der Waals surface area contributed by atoms with Crippen molar-refractivity contribution in [2.75, 3.05) is 13.2 Å². The maximum atomic E-state index is 10.9. The Bertz CT molecular complexity index is 459. The van der Waals surface area contributed by atoms with Crippen LogP contribution in [0.25, 0.3) is 0 Å². The van der Waals surface area contributed by atoms with Crippen LogP contribution in [0.2, 0.25) is 0 Å². The van der Waals surface area contributed by atoms with Crippen molar-refractivity contribution < 1.29 is 17.9 Å². The molecule has 0 saturated carbocycles. The molecule has 2 heterocycles. The zero-order chi connectivity index (χ0) is 10.2. The van der Waals surface area contributed by atoms with E-state index in [-0.39, 0.29) is 4.90 Å². The lowest BCUT2D eigenvalue weighted by atomic mass is 10.4. The number of pyridine rings is 1. The summed E-state index contributed by atoms with van der Waals surface area (Å²) in [5, 5.41) is 0. The molecule has 0 saturated heterocycles. The Morgan fingerprint density at radius 3 is 2.79 bits per heavy atom. The van der Waals surface area contributed by atoms with Crippen LogP contribution in [0.4, 0.5) is 0 Å². The van der Waals surface area contributed by atoms with Crippen LogP contribution in [0, 0.1) is 0 Å². The fourth-order valence-electron chi connectivity index (χ4n) is 1.05. The first kappa shape index (κ1) is 9.54. The Morgan fingerprint density at radius 1 is 1.36 bits per heavy atom. The van der Waals surface area contributed by atoms with Crippen LogP contribution >= 0.6 is 10.7 Å². The molecule has 0 spiro atoms. The van der Waals surface area contributed by atoms with Crippen molar-refractivity contribution in [1.29, 1.82) is 0 Å². The predicted octanol–water partition coefficient (Wildman–Crippen LogP) is 0.780. The third-order valence-corrected chi connectivity index (χ3v) is 2.98. The molecule has 0 bridgehead atoms. The zero-order valence-electron chi connectivity index (χ0n) is 6.94. The second-order valence-electron chi connectivity index (χ2n) is 2.61. The normalized spacial score (nSPS) is 15.2. The number of rotatable bonds is 1. The van der Waals surface area contributed by atoms with Gasteiger partial charge in [0, 0.05) is 16.7 Å². The molecule has 0 amide bonds. The van der Waals surface area contributed by atoms with Gasteiger partial charge in [0.2, 0.25) is 0 Å². The van der Waals surface area contributed by atoms with Gasteiger partial charge in [0.1, 0.15) is 18.1 Å². The molecule has 7 heteroatoms. The molecule has 1 aliphatic rings. The number of aromatic nitrogens is 1. The minimum absolute atomic E-state index is 0.0941. The van der Waals surface area contributed by atoms with E-state index in [0.717, 1.165) is 6.20 Å². The van der Waals surface area contributed by atoms with E-state index in [1.807, 2.05) is 0 Å². The summed E-state index contributed by atoms with van der Waals surface area (Å²) in [6, 6.07) is 1.30. The van der Waals surface area contributed by atoms with Gasteiger partial charge in [0.05, 0.1) is 6.20 Å². The van der Waals surface area contributed by atoms with Crippen LogP contribution in [0.15, 0.2) is 17.2 Å². The first-order valence-electron chi connectivity index (χ1n) is 3.78. The van der Waals surface area contributed by atoms with Gasteiger partial charge in [-0.05, 0) is 0 Å². The van der Waals surface area contributed by atoms with E-state index in [1.165, 1.54) is 6.07 Å². The minimum Gasteiger partial charge on any atom is -0.484 e. The summed E-state index contributed by atoms with van der Waals surface area (Å²) in [6.45, 7) is 0.785. The van der Waals surface area contributed by atoms with E-state index in [0.29, 0.717) is 24.8 Å². The molecule has 1 aliphatic heterocycles. The maximum Gasteiger partial charge on any atom is 0.262 e. The van der Waals surface area contributed by atoms with E-state index in [2.05, 4.69) is 4.98 Å². The molecular weight excluding hydrogens is 230 g/mol. The van der Waals surface area contributed by atoms with Crippen molar-refractivity contribution in [2.45, 2.75) is 4.90 Å². The minimum atomic E-state index is -3.76. The van der Waals surface area contributed by atoms with Gasteiger partial charge in [0.25, 0.3) is 14.9 Å². The Hall–Kier alpha value is -1.01. The molecule has 0 unspecified atom stereocenters. The fraction of sp³-hybridized carbons (Fsp3) is 0.286. The molecule has 0 atom stereocenters. The monoisotopic (exact) mass is 235 g/mol. The van der Waals surface area contributed by atoms with Crippen LogP contribution in [0.3, 0.4) is 0 Å². The highest BCUT2D eigenvalue weighted by molar-refractivity contribution is 8.13. The van der Waals surface area contributed by atoms with Crippen LogP contribution < -0.4 is 9.47 Å². The molecule has 0 aliphatic carbocycles. The predicted molar refractivity (Wildman–Crippen MR) is 48.3 cm³/mol. The Labute approximate surface area is 85.0 Å². The SMILES string of the molecule is O=S(=O)(Cl)c1cnc2c(c1)OCCO2. The van der Waals surface area contributed by atoms with Gasteiger partial charge in [-0.3, -0.25) is 0 Å². The van der Waals surface area contributed by atoms with Crippen molar-refractivity contribution in [3.63, 3.8) is 0 Å². The molecular formula is C7H6ClNO4S. The summed E-state index contributed by atoms with van der Waals surface area (Å²) in [4.78, 5) is 3.68. The summed E-state index contributed by atoms with van der Waals surface area (Å²) in [6.07, 6.45) is 1.13. The Balaban J connectivity index is 2.49. The third kappa shape index (κ3) is 1.76. The van der Waals surface area contributed by atoms with Gasteiger partial charge < -0.3 is 9.47 Å². The highest BCUT2D eigenvalue weighted by Crippen LogP contribution is 2.30. The van der Waals surface area contributed by atoms with Crippen molar-refractivity contribution >= 4 is 19.7 Å². The smallest absolute Gasteiger partial charge is 0.262 e. The molecule has 5 nitrogen and oxygen atoms in total. The van der Waals surface area contributed by atoms with Crippen molar-refractivity contribution in [3.05, 3.63) is 12.3 Å². The van der Waals surface area contributed by atoms with Gasteiger partial charge in [-0.2, -0.15) is 0 Å². The van der Waals surface area contributed by atoms with Gasteiger partial charge in [-0.15, -0.1) is 0 Å². The van der Waals surface area contributed by atoms with Crippen molar-refractivity contribution in [3.8, 4) is 11.6 Å². The van der Waals surface area contributed by atoms with E-state index in [9.17, 15) is 8.42 Å². The first-order chi connectivity index (χ1) is 6.57. The highest BCUT2D eigenvalue weighted by atomic mass is 35.7. The summed E-state index contributed by atoms with van der Waals surface area (Å²) in [7, 11) is 1.37. The molecule has 0 radical (unpaired) electrons. The lowest BCUT2D eigenvalue weighted by Crippen LogP contribution is -2.16. The quantitative estimate of drug-likeness (QED) is 0.673. The Morgan fingerprint density at radius 2 is 2.07 bits per heavy atom. The van der Waals surface area contributed by atoms with E-state index in [1.54, 1.807) is 0 Å². The second-order valence-corrected chi connectivity index (χ2v) is 5.18. The third-order valence-electron chi connectivity index (χ3n) is 1.65. The van der Waals surface area contributed by atoms with Crippen molar-refractivity contribution in [2.24, 2.45) is 0 Å². The lowest BCUT2D eigenvalue weighted by molar-refractivity contribution is 0.163. The summed E-state index contributed by atoms with van der Waals surface area (Å²) in [5.41, 5.74) is 0. The number of hydrogen-bond donors (Lipinski definition) is 0. The lowest BCUT2D eigenvalue weighted by Gasteiger charge is -2.16. The molecule has 1 aromatic rings. The summed E-state index contributed by atoms with van der Waals surface area (Å²) in [5.74, 6) is 0.596. The van der Waals surface area contributed by atoms with Gasteiger partial charge in [0.15, 0.2) is 5.75 Å². The second kappa shape index (κ2) is 3.29. The standard InChI is InChI=1S/C7H6ClNO4S/c8-14(10,11)5-3-6-7(9-4-5)13-2-1-12-6/h3-4H,1-2H2. The van der Waals surface area contributed by atoms with E-state index in [4.69, 9.17) is 20.2 Å². The molecule has 1 aromatic heterocycles. The summed E-state index contributed by atoms with van der Waals surface area (Å²) < 4.78 is 32.2. The van der Waals surface area contributed by atoms with Gasteiger partial charge in [-0.25, -0.2) is 13.4 Å². The van der Waals surface area contributed by atoms with Crippen LogP contribution in [0.5, 0.6) is 11.6 Å². The zero-order valence-corrected chi connectivity index (χ0v) is 8.51. The van der Waals surface area contributed by atoms with Gasteiger partial charge >= 0.3 is 0 Å². The highest BCUT2D eigenvalue weighted by Gasteiger charge is 2.18. The average molecular weight is 236 g/mol. The molecule has 0 aromatic carbocycles. The van der Waals surface area contributed by atoms with Crippen LogP contribution in [-0.2, 0) is 9.05 Å². The number of ether oxygens (including phenoxy) is 2. The van der Waals surface area contributed by atoms with Crippen LogP contribution in [-0.4, -0.2) is 26.6 Å². The fourth-order valence-corrected chi connectivity index (χ4v) is 1.73. The molecule has 2 rings (SSSR count). The number of hydrogen-bond acceptors (Lipinski definition) is 5. The number of fused-ring (bicyclic) bond motifs is 1. The molecule has 0 fully saturated rings.